The van der Waals surface area contributed by atoms with Crippen molar-refractivity contribution < 1.29 is 21.1 Å². The van der Waals surface area contributed by atoms with Crippen LogP contribution in [0, 0.1) is 4.64 Å². The van der Waals surface area contributed by atoms with Crippen LogP contribution >= 0.6 is 12.2 Å². The fourth-order valence-corrected chi connectivity index (χ4v) is 1.12. The summed E-state index contributed by atoms with van der Waals surface area (Å²) < 4.78 is 0.439. The van der Waals surface area contributed by atoms with Gasteiger partial charge in [-0.25, -0.2) is 9.97 Å². The van der Waals surface area contributed by atoms with Crippen molar-refractivity contribution in [1.82, 2.24) is 19.9 Å². The third-order valence-electron chi connectivity index (χ3n) is 1.32. The van der Waals surface area contributed by atoms with Crippen molar-refractivity contribution in [3.05, 3.63) is 11.0 Å². The zero-order valence-electron chi connectivity index (χ0n) is 5.77. The van der Waals surface area contributed by atoms with E-state index in [1.807, 2.05) is 0 Å². The number of rotatable bonds is 0. The van der Waals surface area contributed by atoms with E-state index in [1.54, 1.807) is 0 Å². The molecule has 0 aliphatic carbocycles. The zero-order chi connectivity index (χ0) is 7.84. The first-order chi connectivity index (χ1) is 5.27. The second-order valence-electron chi connectivity index (χ2n) is 2.05. The van der Waals surface area contributed by atoms with Crippen LogP contribution in [-0.4, -0.2) is 19.9 Å². The summed E-state index contributed by atoms with van der Waals surface area (Å²) in [5.41, 5.74) is 6.75. The molecule has 0 unspecified atom stereocenters. The van der Waals surface area contributed by atoms with Gasteiger partial charge in [-0.1, -0.05) is 12.2 Å². The average Bonchev–Trinajstić information content (AvgIpc) is 2.34. The Morgan fingerprint density at radius 1 is 1.50 bits per heavy atom. The van der Waals surface area contributed by atoms with Crippen LogP contribution in [0.3, 0.4) is 0 Å². The minimum absolute atomic E-state index is 0. The van der Waals surface area contributed by atoms with Gasteiger partial charge in [-0.2, -0.15) is 0 Å². The van der Waals surface area contributed by atoms with E-state index in [4.69, 9.17) is 18.0 Å². The number of nitrogens with one attached hydrogen (secondary N) is 2. The van der Waals surface area contributed by atoms with E-state index in [1.165, 1.54) is 6.33 Å². The van der Waals surface area contributed by atoms with E-state index in [2.05, 4.69) is 19.9 Å². The number of nitrogens with zero attached hydrogens (tertiary/aromatic N) is 2. The number of imidazole rings is 1. The molecule has 0 fully saturated rings. The summed E-state index contributed by atoms with van der Waals surface area (Å²) in [6.45, 7) is 0. The number of anilines is 1. The summed E-state index contributed by atoms with van der Waals surface area (Å²) in [6.07, 6.45) is 1.54. The molecule has 2 aromatic heterocycles. The number of nitrogen functional groups attached to an aromatic ring is 1. The fraction of sp³-hybridized carbons (Fsp3) is 0. The van der Waals surface area contributed by atoms with Gasteiger partial charge in [0.1, 0.15) is 5.52 Å². The first-order valence-electron chi connectivity index (χ1n) is 2.96. The SMILES string of the molecule is Nc1nc(=S)c2[nH]cnc2[nH]1.[Pt+2]. The van der Waals surface area contributed by atoms with Gasteiger partial charge in [0.25, 0.3) is 0 Å². The van der Waals surface area contributed by atoms with Crippen molar-refractivity contribution in [3.63, 3.8) is 0 Å². The Bertz CT molecular complexity index is 446. The van der Waals surface area contributed by atoms with Crippen LogP contribution < -0.4 is 5.73 Å². The van der Waals surface area contributed by atoms with Crippen LogP contribution in [0.4, 0.5) is 5.95 Å². The third kappa shape index (κ3) is 1.40. The molecule has 0 saturated carbocycles. The van der Waals surface area contributed by atoms with Gasteiger partial charge >= 0.3 is 21.1 Å². The summed E-state index contributed by atoms with van der Waals surface area (Å²) in [6, 6.07) is 0. The number of aromatic nitrogens is 4. The van der Waals surface area contributed by atoms with Crippen molar-refractivity contribution in [2.24, 2.45) is 0 Å². The molecule has 4 N–H and O–H groups in total. The van der Waals surface area contributed by atoms with Crippen molar-refractivity contribution in [2.75, 3.05) is 5.73 Å². The predicted molar refractivity (Wildman–Crippen MR) is 43.5 cm³/mol. The Labute approximate surface area is 87.1 Å². The molecule has 0 radical (unpaired) electrons. The summed E-state index contributed by atoms with van der Waals surface area (Å²) in [5.74, 6) is 0.287. The topological polar surface area (TPSA) is 83.4 Å². The Hall–Kier alpha value is -0.742. The molecule has 7 heteroatoms. The van der Waals surface area contributed by atoms with Crippen LogP contribution in [-0.2, 0) is 21.1 Å². The van der Waals surface area contributed by atoms with Crippen molar-refractivity contribution >= 4 is 29.3 Å². The van der Waals surface area contributed by atoms with Crippen molar-refractivity contribution in [1.29, 1.82) is 0 Å². The summed E-state index contributed by atoms with van der Waals surface area (Å²) in [4.78, 5) is 13.4. The molecule has 0 spiro atoms. The summed E-state index contributed by atoms with van der Waals surface area (Å²) >= 11 is 4.91. The fourth-order valence-electron chi connectivity index (χ4n) is 0.867. The number of fused-ring (bicyclic) bond motifs is 1. The standard InChI is InChI=1S/C5H5N5S.Pt/c6-5-9-3-2(4(11)10-5)7-1-8-3;/h1H,(H4,6,7,8,9,10,11);/q;+2. The van der Waals surface area contributed by atoms with Gasteiger partial charge in [0, 0.05) is 0 Å². The summed E-state index contributed by atoms with van der Waals surface area (Å²) in [7, 11) is 0. The van der Waals surface area contributed by atoms with Gasteiger partial charge in [-0.3, -0.25) is 0 Å². The minimum atomic E-state index is 0. The molecule has 2 rings (SSSR count). The Morgan fingerprint density at radius 2 is 2.25 bits per heavy atom. The van der Waals surface area contributed by atoms with E-state index < -0.39 is 0 Å². The maximum Gasteiger partial charge on any atom is 2.00 e. The number of H-pyrrole nitrogens is 2. The number of nitrogens with two attached hydrogens (primary N) is 1. The normalized spacial score (nSPS) is 9.67. The van der Waals surface area contributed by atoms with E-state index >= 15 is 0 Å². The second-order valence-corrected chi connectivity index (χ2v) is 2.44. The smallest absolute Gasteiger partial charge is 0.369 e. The molecule has 0 atom stereocenters. The van der Waals surface area contributed by atoms with Crippen LogP contribution in [0.25, 0.3) is 11.2 Å². The minimum Gasteiger partial charge on any atom is -0.369 e. The molecule has 0 amide bonds. The first kappa shape index (κ1) is 9.35. The number of hydrogen-bond donors (Lipinski definition) is 3. The molecule has 2 heterocycles. The second kappa shape index (κ2) is 3.33. The van der Waals surface area contributed by atoms with E-state index in [0.29, 0.717) is 15.8 Å². The van der Waals surface area contributed by atoms with Crippen LogP contribution in [0.1, 0.15) is 0 Å². The molecule has 0 saturated heterocycles. The van der Waals surface area contributed by atoms with E-state index in [9.17, 15) is 0 Å². The van der Waals surface area contributed by atoms with Crippen LogP contribution in [0.2, 0.25) is 0 Å². The zero-order valence-corrected chi connectivity index (χ0v) is 8.86. The van der Waals surface area contributed by atoms with Crippen molar-refractivity contribution in [2.45, 2.75) is 0 Å². The van der Waals surface area contributed by atoms with E-state index in [0.717, 1.165) is 0 Å². The molecular weight excluding hydrogens is 357 g/mol. The average molecular weight is 362 g/mol. The van der Waals surface area contributed by atoms with Crippen molar-refractivity contribution in [3.8, 4) is 0 Å². The molecule has 5 nitrogen and oxygen atoms in total. The van der Waals surface area contributed by atoms with Gasteiger partial charge in [0.2, 0.25) is 5.95 Å². The van der Waals surface area contributed by atoms with Gasteiger partial charge in [0.15, 0.2) is 10.3 Å². The number of aromatic amines is 2. The largest absolute Gasteiger partial charge is 2.00 e. The Morgan fingerprint density at radius 3 is 3.00 bits per heavy atom. The number of hydrogen-bond acceptors (Lipinski definition) is 4. The first-order valence-corrected chi connectivity index (χ1v) is 3.37. The predicted octanol–water partition coefficient (Wildman–Crippen LogP) is 0.595. The third-order valence-corrected chi connectivity index (χ3v) is 1.62. The molecule has 0 bridgehead atoms. The molecule has 2 aromatic rings. The molecular formula is C5H5N5PtS+2. The van der Waals surface area contributed by atoms with E-state index in [-0.39, 0.29) is 27.0 Å². The van der Waals surface area contributed by atoms with Gasteiger partial charge in [-0.05, 0) is 0 Å². The quantitative estimate of drug-likeness (QED) is 0.600. The van der Waals surface area contributed by atoms with Crippen LogP contribution in [0.5, 0.6) is 0 Å². The molecule has 0 aliphatic heterocycles. The molecule has 0 aliphatic rings. The Balaban J connectivity index is 0.000000720. The van der Waals surface area contributed by atoms with Gasteiger partial charge in [-0.15, -0.1) is 0 Å². The Kier molecular flexibility index (Phi) is 2.59. The molecule has 12 heavy (non-hydrogen) atoms. The molecule has 64 valence electrons. The van der Waals surface area contributed by atoms with Crippen LogP contribution in [0.15, 0.2) is 6.33 Å². The maximum atomic E-state index is 5.40. The van der Waals surface area contributed by atoms with Gasteiger partial charge < -0.3 is 15.7 Å². The molecule has 0 aromatic carbocycles. The monoisotopic (exact) mass is 362 g/mol. The maximum absolute atomic E-state index is 5.40. The van der Waals surface area contributed by atoms with Gasteiger partial charge in [0.05, 0.1) is 6.33 Å². The summed E-state index contributed by atoms with van der Waals surface area (Å²) in [5, 5.41) is 0.